The average molecular weight is 184 g/mol. The molecule has 6 heteroatoms. The molecule has 2 N–H and O–H groups in total. The molecule has 13 heavy (non-hydrogen) atoms. The van der Waals surface area contributed by atoms with E-state index < -0.39 is 11.9 Å². The highest BCUT2D eigenvalue weighted by Gasteiger charge is 2.19. The minimum Gasteiger partial charge on any atom is -0.478 e. The first-order chi connectivity index (χ1) is 6.16. The zero-order valence-electron chi connectivity index (χ0n) is 6.90. The highest BCUT2D eigenvalue weighted by molar-refractivity contribution is 6.00. The number of carbonyl (C=O) groups excluding carboxylic acids is 1. The van der Waals surface area contributed by atoms with Gasteiger partial charge in [-0.2, -0.15) is 5.10 Å². The average Bonchev–Trinajstić information content (AvgIpc) is 2.52. The molecule has 0 bridgehead atoms. The van der Waals surface area contributed by atoms with Crippen molar-refractivity contribution in [1.82, 2.24) is 10.2 Å². The fraction of sp³-hybridized carbons (Fsp3) is 0.286. The molecule has 1 heterocycles. The van der Waals surface area contributed by atoms with E-state index in [1.165, 1.54) is 0 Å². The first-order valence-electron chi connectivity index (χ1n) is 3.60. The van der Waals surface area contributed by atoms with Crippen molar-refractivity contribution in [2.75, 3.05) is 6.61 Å². The maximum Gasteiger partial charge on any atom is 0.357 e. The van der Waals surface area contributed by atoms with Gasteiger partial charge in [0.15, 0.2) is 5.69 Å². The largest absolute Gasteiger partial charge is 0.478 e. The molecule has 0 aromatic carbocycles. The minimum atomic E-state index is -1.21. The predicted molar refractivity (Wildman–Crippen MR) is 41.5 cm³/mol. The third-order valence-corrected chi connectivity index (χ3v) is 1.35. The zero-order chi connectivity index (χ0) is 9.84. The molecule has 1 aromatic heterocycles. The van der Waals surface area contributed by atoms with Crippen LogP contribution in [-0.4, -0.2) is 33.8 Å². The number of carboxylic acids is 1. The molecule has 6 nitrogen and oxygen atoms in total. The highest BCUT2D eigenvalue weighted by Crippen LogP contribution is 2.05. The molecule has 0 aliphatic rings. The van der Waals surface area contributed by atoms with E-state index in [-0.39, 0.29) is 17.9 Å². The standard InChI is InChI=1S/C7H8N2O4/c1-2-13-7(12)5-4(6(10)11)3-8-9-5/h3H,2H2,1H3,(H,8,9)(H,10,11). The van der Waals surface area contributed by atoms with Gasteiger partial charge in [0.2, 0.25) is 0 Å². The number of carboxylic acid groups (broad SMARTS) is 1. The molecule has 0 saturated carbocycles. The maximum absolute atomic E-state index is 11.1. The van der Waals surface area contributed by atoms with Crippen LogP contribution in [0.1, 0.15) is 27.8 Å². The quantitative estimate of drug-likeness (QED) is 0.658. The van der Waals surface area contributed by atoms with Gasteiger partial charge in [0.1, 0.15) is 5.56 Å². The fourth-order valence-corrected chi connectivity index (χ4v) is 0.807. The Bertz CT molecular complexity index is 331. The van der Waals surface area contributed by atoms with Crippen molar-refractivity contribution < 1.29 is 19.4 Å². The summed E-state index contributed by atoms with van der Waals surface area (Å²) in [5, 5.41) is 14.3. The number of nitrogens with one attached hydrogen (secondary N) is 1. The second kappa shape index (κ2) is 3.70. The van der Waals surface area contributed by atoms with E-state index in [0.29, 0.717) is 0 Å². The number of aromatic carboxylic acids is 1. The SMILES string of the molecule is CCOC(=O)c1[nH]ncc1C(=O)O. The van der Waals surface area contributed by atoms with E-state index in [2.05, 4.69) is 14.9 Å². The fourth-order valence-electron chi connectivity index (χ4n) is 0.807. The third kappa shape index (κ3) is 1.84. The van der Waals surface area contributed by atoms with Gasteiger partial charge in [-0.1, -0.05) is 0 Å². The molecule has 70 valence electrons. The number of hydrogen-bond donors (Lipinski definition) is 2. The second-order valence-corrected chi connectivity index (χ2v) is 2.18. The van der Waals surface area contributed by atoms with E-state index in [9.17, 15) is 9.59 Å². The molecular formula is C7H8N2O4. The lowest BCUT2D eigenvalue weighted by Crippen LogP contribution is -2.10. The molecule has 1 rings (SSSR count). The first kappa shape index (κ1) is 9.24. The van der Waals surface area contributed by atoms with Gasteiger partial charge in [-0.3, -0.25) is 5.10 Å². The molecule has 0 unspecified atom stereocenters. The minimum absolute atomic E-state index is 0.130. The van der Waals surface area contributed by atoms with Crippen LogP contribution in [0.25, 0.3) is 0 Å². The number of ether oxygens (including phenoxy) is 1. The number of nitrogens with zero attached hydrogens (tertiary/aromatic N) is 1. The van der Waals surface area contributed by atoms with Crippen LogP contribution in [0.5, 0.6) is 0 Å². The van der Waals surface area contributed by atoms with Gasteiger partial charge in [0, 0.05) is 0 Å². The van der Waals surface area contributed by atoms with Gasteiger partial charge in [-0.05, 0) is 6.92 Å². The summed E-state index contributed by atoms with van der Waals surface area (Å²) in [7, 11) is 0. The summed E-state index contributed by atoms with van der Waals surface area (Å²) >= 11 is 0. The Labute approximate surface area is 73.5 Å². The predicted octanol–water partition coefficient (Wildman–Crippen LogP) is 0.285. The van der Waals surface area contributed by atoms with Crippen molar-refractivity contribution in [3.8, 4) is 0 Å². The van der Waals surface area contributed by atoms with Crippen molar-refractivity contribution in [2.24, 2.45) is 0 Å². The third-order valence-electron chi connectivity index (χ3n) is 1.35. The van der Waals surface area contributed by atoms with E-state index in [0.717, 1.165) is 6.20 Å². The van der Waals surface area contributed by atoms with Crippen molar-refractivity contribution in [3.05, 3.63) is 17.5 Å². The van der Waals surface area contributed by atoms with Crippen LogP contribution in [0.4, 0.5) is 0 Å². The Morgan fingerprint density at radius 3 is 2.92 bits per heavy atom. The van der Waals surface area contributed by atoms with Gasteiger partial charge in [-0.15, -0.1) is 0 Å². The van der Waals surface area contributed by atoms with E-state index >= 15 is 0 Å². The number of hydrogen-bond acceptors (Lipinski definition) is 4. The summed E-state index contributed by atoms with van der Waals surface area (Å²) in [4.78, 5) is 21.6. The number of esters is 1. The lowest BCUT2D eigenvalue weighted by molar-refractivity contribution is 0.0508. The summed E-state index contributed by atoms with van der Waals surface area (Å²) in [6.45, 7) is 1.83. The molecule has 0 aliphatic carbocycles. The molecule has 0 aliphatic heterocycles. The lowest BCUT2D eigenvalue weighted by Gasteiger charge is -1.98. The number of aromatic amines is 1. The molecule has 0 atom stereocenters. The molecular weight excluding hydrogens is 176 g/mol. The van der Waals surface area contributed by atoms with Crippen LogP contribution in [0, 0.1) is 0 Å². The van der Waals surface area contributed by atoms with Gasteiger partial charge in [0.05, 0.1) is 12.8 Å². The van der Waals surface area contributed by atoms with Gasteiger partial charge >= 0.3 is 11.9 Å². The van der Waals surface area contributed by atoms with Crippen LogP contribution in [0.3, 0.4) is 0 Å². The Balaban J connectivity index is 2.93. The van der Waals surface area contributed by atoms with Crippen LogP contribution < -0.4 is 0 Å². The van der Waals surface area contributed by atoms with E-state index in [1.807, 2.05) is 0 Å². The van der Waals surface area contributed by atoms with Gasteiger partial charge in [0.25, 0.3) is 0 Å². The zero-order valence-corrected chi connectivity index (χ0v) is 6.90. The highest BCUT2D eigenvalue weighted by atomic mass is 16.5. The summed E-state index contributed by atoms with van der Waals surface area (Å²) in [6, 6.07) is 0. The van der Waals surface area contributed by atoms with Crippen LogP contribution in [-0.2, 0) is 4.74 Å². The molecule has 0 saturated heterocycles. The van der Waals surface area contributed by atoms with Crippen molar-refractivity contribution >= 4 is 11.9 Å². The Kier molecular flexibility index (Phi) is 2.63. The smallest absolute Gasteiger partial charge is 0.357 e. The van der Waals surface area contributed by atoms with Gasteiger partial charge in [-0.25, -0.2) is 9.59 Å². The molecule has 0 spiro atoms. The molecule has 0 amide bonds. The Morgan fingerprint density at radius 1 is 1.69 bits per heavy atom. The maximum atomic E-state index is 11.1. The second-order valence-electron chi connectivity index (χ2n) is 2.18. The molecule has 0 radical (unpaired) electrons. The van der Waals surface area contributed by atoms with Crippen molar-refractivity contribution in [3.63, 3.8) is 0 Å². The monoisotopic (exact) mass is 184 g/mol. The summed E-state index contributed by atoms with van der Waals surface area (Å²) < 4.78 is 4.60. The van der Waals surface area contributed by atoms with E-state index in [1.54, 1.807) is 6.92 Å². The summed E-state index contributed by atoms with van der Waals surface area (Å²) in [5.41, 5.74) is -0.312. The normalized spacial score (nSPS) is 9.62. The van der Waals surface area contributed by atoms with Crippen LogP contribution >= 0.6 is 0 Å². The molecule has 1 aromatic rings. The summed E-state index contributed by atoms with van der Waals surface area (Å²) in [6.07, 6.45) is 1.06. The Hall–Kier alpha value is -1.85. The molecule has 0 fully saturated rings. The van der Waals surface area contributed by atoms with Crippen molar-refractivity contribution in [2.45, 2.75) is 6.92 Å². The number of aromatic nitrogens is 2. The number of H-pyrrole nitrogens is 1. The van der Waals surface area contributed by atoms with Crippen molar-refractivity contribution in [1.29, 1.82) is 0 Å². The van der Waals surface area contributed by atoms with Crippen LogP contribution in [0.15, 0.2) is 6.20 Å². The van der Waals surface area contributed by atoms with Gasteiger partial charge < -0.3 is 9.84 Å². The Morgan fingerprint density at radius 2 is 2.38 bits per heavy atom. The number of carbonyl (C=O) groups is 2. The first-order valence-corrected chi connectivity index (χ1v) is 3.60. The van der Waals surface area contributed by atoms with Crippen LogP contribution in [0.2, 0.25) is 0 Å². The number of rotatable bonds is 3. The van der Waals surface area contributed by atoms with E-state index in [4.69, 9.17) is 5.11 Å². The topological polar surface area (TPSA) is 92.3 Å². The summed E-state index contributed by atoms with van der Waals surface area (Å²) in [5.74, 6) is -1.92. The lowest BCUT2D eigenvalue weighted by atomic mass is 10.2.